The first kappa shape index (κ1) is 15.0. The summed E-state index contributed by atoms with van der Waals surface area (Å²) in [6.07, 6.45) is 1.87. The highest BCUT2D eigenvalue weighted by Crippen LogP contribution is 2.28. The molecule has 3 N–H and O–H groups in total. The Bertz CT molecular complexity index is 1030. The van der Waals surface area contributed by atoms with Crippen LogP contribution in [0, 0.1) is 6.92 Å². The van der Waals surface area contributed by atoms with Gasteiger partial charge in [0, 0.05) is 22.8 Å². The number of Topliss-reactive ketones (excluding diaryl/α,β-unsaturated/α-hetero) is 1. The van der Waals surface area contributed by atoms with Crippen molar-refractivity contribution in [1.29, 1.82) is 0 Å². The number of H-pyrrole nitrogens is 2. The minimum Gasteiger partial charge on any atom is -0.343 e. The third-order valence-corrected chi connectivity index (χ3v) is 4.84. The zero-order valence-corrected chi connectivity index (χ0v) is 13.8. The maximum atomic E-state index is 12.8. The van der Waals surface area contributed by atoms with Crippen molar-refractivity contribution in [2.45, 2.75) is 26.2 Å². The molecule has 0 fully saturated rings. The molecule has 0 saturated carbocycles. The van der Waals surface area contributed by atoms with Gasteiger partial charge in [-0.25, -0.2) is 0 Å². The number of aromatic nitrogens is 3. The molecule has 0 amide bonds. The van der Waals surface area contributed by atoms with Crippen LogP contribution < -0.4 is 10.7 Å². The molecule has 2 heterocycles. The Labute approximate surface area is 142 Å². The van der Waals surface area contributed by atoms with Gasteiger partial charge in [0.25, 0.3) is 0 Å². The number of anilines is 2. The molecule has 0 aliphatic heterocycles. The summed E-state index contributed by atoms with van der Waals surface area (Å²) in [7, 11) is 0. The number of hydrogen-bond donors (Lipinski definition) is 3. The second-order valence-corrected chi connectivity index (χ2v) is 6.35. The van der Waals surface area contributed by atoms with E-state index in [9.17, 15) is 9.59 Å². The number of aromatic amines is 2. The number of carbonyl (C=O) groups excluding carboxylic acids is 1. The molecule has 7 heteroatoms. The summed E-state index contributed by atoms with van der Waals surface area (Å²) >= 11 is 6.14. The second kappa shape index (κ2) is 5.49. The van der Waals surface area contributed by atoms with E-state index in [1.807, 2.05) is 19.1 Å². The van der Waals surface area contributed by atoms with E-state index in [1.165, 1.54) is 0 Å². The fraction of sp³-hybridized carbons (Fsp3) is 0.235. The monoisotopic (exact) mass is 342 g/mol. The van der Waals surface area contributed by atoms with E-state index in [4.69, 9.17) is 11.6 Å². The van der Waals surface area contributed by atoms with Crippen LogP contribution in [0.5, 0.6) is 0 Å². The summed E-state index contributed by atoms with van der Waals surface area (Å²) in [6.45, 7) is 1.88. The number of benzene rings is 1. The predicted molar refractivity (Wildman–Crippen MR) is 93.5 cm³/mol. The summed E-state index contributed by atoms with van der Waals surface area (Å²) < 4.78 is 0. The van der Waals surface area contributed by atoms with Gasteiger partial charge in [-0.2, -0.15) is 5.10 Å². The molecule has 122 valence electrons. The zero-order chi connectivity index (χ0) is 16.8. The molecule has 0 bridgehead atoms. The van der Waals surface area contributed by atoms with E-state index in [1.54, 1.807) is 6.07 Å². The van der Waals surface area contributed by atoms with Gasteiger partial charge < -0.3 is 10.3 Å². The number of rotatable bonds is 2. The smallest absolute Gasteiger partial charge is 0.205 e. The van der Waals surface area contributed by atoms with Crippen molar-refractivity contribution in [3.05, 3.63) is 50.3 Å². The van der Waals surface area contributed by atoms with E-state index in [-0.39, 0.29) is 16.8 Å². The summed E-state index contributed by atoms with van der Waals surface area (Å²) in [4.78, 5) is 28.1. The highest BCUT2D eigenvalue weighted by atomic mass is 35.5. The fourth-order valence-electron chi connectivity index (χ4n) is 3.12. The van der Waals surface area contributed by atoms with E-state index in [0.717, 1.165) is 17.7 Å². The van der Waals surface area contributed by atoms with Gasteiger partial charge in [0.05, 0.1) is 5.56 Å². The van der Waals surface area contributed by atoms with E-state index in [0.29, 0.717) is 40.4 Å². The average molecular weight is 343 g/mol. The van der Waals surface area contributed by atoms with Gasteiger partial charge in [0.15, 0.2) is 11.6 Å². The number of hydrogen-bond acceptors (Lipinski definition) is 4. The summed E-state index contributed by atoms with van der Waals surface area (Å²) in [5.41, 5.74) is 2.83. The number of halogens is 1. The van der Waals surface area contributed by atoms with Gasteiger partial charge in [-0.05, 0) is 37.5 Å². The molecule has 3 aromatic rings. The number of fused-ring (bicyclic) bond motifs is 2. The van der Waals surface area contributed by atoms with E-state index < -0.39 is 0 Å². The Kier molecular flexibility index (Phi) is 3.42. The van der Waals surface area contributed by atoms with Gasteiger partial charge in [-0.3, -0.25) is 14.7 Å². The van der Waals surface area contributed by atoms with E-state index in [2.05, 4.69) is 20.5 Å². The van der Waals surface area contributed by atoms with Crippen LogP contribution in [0.1, 0.15) is 34.5 Å². The van der Waals surface area contributed by atoms with Crippen LogP contribution in [0.2, 0.25) is 5.02 Å². The number of nitrogens with zero attached hydrogens (tertiary/aromatic N) is 1. The van der Waals surface area contributed by atoms with Crippen LogP contribution in [-0.4, -0.2) is 21.0 Å². The van der Waals surface area contributed by atoms with E-state index >= 15 is 0 Å². The van der Waals surface area contributed by atoms with Crippen molar-refractivity contribution in [2.24, 2.45) is 0 Å². The highest BCUT2D eigenvalue weighted by molar-refractivity contribution is 6.31. The maximum Gasteiger partial charge on any atom is 0.205 e. The minimum atomic E-state index is -0.278. The number of carbonyl (C=O) groups is 1. The van der Waals surface area contributed by atoms with Gasteiger partial charge >= 0.3 is 0 Å². The molecule has 1 aliphatic carbocycles. The molecular formula is C17H15ClN4O2. The van der Waals surface area contributed by atoms with Crippen LogP contribution in [0.25, 0.3) is 11.0 Å². The Morgan fingerprint density at radius 3 is 2.92 bits per heavy atom. The van der Waals surface area contributed by atoms with Gasteiger partial charge in [0.1, 0.15) is 11.0 Å². The minimum absolute atomic E-state index is 0.106. The molecule has 0 radical (unpaired) electrons. The Balaban J connectivity index is 1.89. The molecule has 24 heavy (non-hydrogen) atoms. The van der Waals surface area contributed by atoms with Crippen molar-refractivity contribution in [3.8, 4) is 0 Å². The maximum absolute atomic E-state index is 12.8. The van der Waals surface area contributed by atoms with Crippen molar-refractivity contribution >= 4 is 39.9 Å². The van der Waals surface area contributed by atoms with Crippen molar-refractivity contribution in [2.75, 3.05) is 5.32 Å². The summed E-state index contributed by atoms with van der Waals surface area (Å²) in [5.74, 6) is 0.281. The van der Waals surface area contributed by atoms with Crippen molar-refractivity contribution in [3.63, 3.8) is 0 Å². The quantitative estimate of drug-likeness (QED) is 0.665. The molecule has 2 aromatic heterocycles. The van der Waals surface area contributed by atoms with Crippen LogP contribution in [0.4, 0.5) is 11.5 Å². The van der Waals surface area contributed by atoms with Gasteiger partial charge in [-0.15, -0.1) is 0 Å². The number of ketones is 1. The van der Waals surface area contributed by atoms with Crippen LogP contribution in [0.3, 0.4) is 0 Å². The molecule has 4 rings (SSSR count). The molecular weight excluding hydrogens is 328 g/mol. The Hall–Kier alpha value is -2.60. The zero-order valence-electron chi connectivity index (χ0n) is 13.0. The standard InChI is InChI=1S/C17H15ClN4O2/c1-8-9(18)4-2-5-10(8)19-16-14-15(24)13-11(6-3-7-12(13)23)20-17(14)22-21-16/h2,4-5H,3,6-7H2,1H3,(H3,19,20,21,22,24). The number of pyridine rings is 1. The highest BCUT2D eigenvalue weighted by Gasteiger charge is 2.25. The molecule has 6 nitrogen and oxygen atoms in total. The SMILES string of the molecule is Cc1c(Cl)cccc1Nc1n[nH]c2[nH]c3c(c(=O)c12)C(=O)CCC3. The lowest BCUT2D eigenvalue weighted by molar-refractivity contribution is 0.0970. The van der Waals surface area contributed by atoms with Gasteiger partial charge in [0.2, 0.25) is 5.43 Å². The second-order valence-electron chi connectivity index (χ2n) is 5.94. The number of aryl methyl sites for hydroxylation is 1. The first-order valence-corrected chi connectivity index (χ1v) is 8.12. The Morgan fingerprint density at radius 2 is 2.08 bits per heavy atom. The molecule has 0 spiro atoms. The Morgan fingerprint density at radius 1 is 1.25 bits per heavy atom. The van der Waals surface area contributed by atoms with Crippen molar-refractivity contribution < 1.29 is 4.79 Å². The first-order valence-electron chi connectivity index (χ1n) is 7.75. The van der Waals surface area contributed by atoms with Crippen LogP contribution in [-0.2, 0) is 6.42 Å². The third-order valence-electron chi connectivity index (χ3n) is 4.43. The lowest BCUT2D eigenvalue weighted by Gasteiger charge is -2.14. The lowest BCUT2D eigenvalue weighted by atomic mass is 9.94. The third kappa shape index (κ3) is 2.22. The molecule has 1 aromatic carbocycles. The summed E-state index contributed by atoms with van der Waals surface area (Å²) in [5, 5.41) is 11.2. The van der Waals surface area contributed by atoms with Crippen molar-refractivity contribution in [1.82, 2.24) is 15.2 Å². The summed E-state index contributed by atoms with van der Waals surface area (Å²) in [6, 6.07) is 5.48. The molecule has 0 unspecified atom stereocenters. The molecule has 0 saturated heterocycles. The number of nitrogens with one attached hydrogen (secondary N) is 3. The average Bonchev–Trinajstić information content (AvgIpc) is 2.95. The largest absolute Gasteiger partial charge is 0.343 e. The topological polar surface area (TPSA) is 90.6 Å². The molecule has 0 atom stereocenters. The lowest BCUT2D eigenvalue weighted by Crippen LogP contribution is -2.23. The first-order chi connectivity index (χ1) is 11.6. The van der Waals surface area contributed by atoms with Crippen LogP contribution >= 0.6 is 11.6 Å². The fourth-order valence-corrected chi connectivity index (χ4v) is 3.30. The van der Waals surface area contributed by atoms with Gasteiger partial charge in [-0.1, -0.05) is 17.7 Å². The predicted octanol–water partition coefficient (Wildman–Crippen LogP) is 3.48. The van der Waals surface area contributed by atoms with Crippen LogP contribution in [0.15, 0.2) is 23.0 Å². The normalized spacial score (nSPS) is 14.0. The molecule has 1 aliphatic rings.